The summed E-state index contributed by atoms with van der Waals surface area (Å²) >= 11 is 0. The largest absolute Gasteiger partial charge is 0.494 e. The van der Waals surface area contributed by atoms with Gasteiger partial charge in [-0.15, -0.1) is 0 Å². The van der Waals surface area contributed by atoms with E-state index in [0.717, 1.165) is 24.0 Å². The first-order chi connectivity index (χ1) is 19.1. The minimum atomic E-state index is -1.06. The second-order valence-corrected chi connectivity index (χ2v) is 11.2. The Bertz CT molecular complexity index is 1200. The average molecular weight is 557 g/mol. The number of ether oxygens (including phenoxy) is 4. The van der Waals surface area contributed by atoms with Crippen molar-refractivity contribution in [2.75, 3.05) is 32.9 Å². The van der Waals surface area contributed by atoms with Gasteiger partial charge in [-0.3, -0.25) is 9.69 Å². The highest BCUT2D eigenvalue weighted by Gasteiger charge is 2.37. The Morgan fingerprint density at radius 2 is 1.95 bits per heavy atom. The van der Waals surface area contributed by atoms with Crippen LogP contribution in [0.25, 0.3) is 0 Å². The number of methoxy groups -OCH3 is 2. The molecule has 2 amide bonds. The fourth-order valence-electron chi connectivity index (χ4n) is 4.72. The number of rotatable bonds is 10. The summed E-state index contributed by atoms with van der Waals surface area (Å²) in [6, 6.07) is 7.01. The second kappa shape index (κ2) is 12.7. The molecule has 1 aromatic carbocycles. The molecular formula is C29H40N4O7. The number of pyridine rings is 1. The van der Waals surface area contributed by atoms with Gasteiger partial charge in [-0.2, -0.15) is 0 Å². The van der Waals surface area contributed by atoms with Gasteiger partial charge in [0.2, 0.25) is 0 Å². The lowest BCUT2D eigenvalue weighted by Gasteiger charge is -2.40. The molecule has 1 aromatic heterocycles. The van der Waals surface area contributed by atoms with E-state index in [0.29, 0.717) is 35.3 Å². The molecule has 1 aliphatic heterocycles. The van der Waals surface area contributed by atoms with Crippen LogP contribution in [0.5, 0.6) is 11.5 Å². The Kier molecular flexibility index (Phi) is 9.36. The lowest BCUT2D eigenvalue weighted by Crippen LogP contribution is -2.54. The zero-order chi connectivity index (χ0) is 28.9. The van der Waals surface area contributed by atoms with Gasteiger partial charge in [0.1, 0.15) is 22.9 Å². The van der Waals surface area contributed by atoms with E-state index >= 15 is 0 Å². The summed E-state index contributed by atoms with van der Waals surface area (Å²) < 4.78 is 21.6. The molecule has 40 heavy (non-hydrogen) atoms. The number of carbonyl (C=O) groups excluding carboxylic acids is 2. The number of benzene rings is 1. The number of carbonyl (C=O) groups is 2. The summed E-state index contributed by atoms with van der Waals surface area (Å²) in [6.07, 6.45) is 3.61. The lowest BCUT2D eigenvalue weighted by atomic mass is 9.91. The van der Waals surface area contributed by atoms with E-state index in [2.05, 4.69) is 15.6 Å². The van der Waals surface area contributed by atoms with Crippen LogP contribution in [0.4, 0.5) is 10.6 Å². The van der Waals surface area contributed by atoms with Crippen molar-refractivity contribution < 1.29 is 33.6 Å². The van der Waals surface area contributed by atoms with Crippen molar-refractivity contribution in [3.05, 3.63) is 47.2 Å². The molecule has 0 bridgehead atoms. The number of aliphatic hydroxyl groups is 1. The highest BCUT2D eigenvalue weighted by molar-refractivity contribution is 5.97. The fraction of sp³-hybridized carbons (Fsp3) is 0.552. The van der Waals surface area contributed by atoms with Gasteiger partial charge in [0.05, 0.1) is 31.0 Å². The van der Waals surface area contributed by atoms with Crippen molar-refractivity contribution in [1.29, 1.82) is 0 Å². The molecule has 0 spiro atoms. The Labute approximate surface area is 235 Å². The highest BCUT2D eigenvalue weighted by Crippen LogP contribution is 2.30. The number of hydrogen-bond donors (Lipinski definition) is 3. The summed E-state index contributed by atoms with van der Waals surface area (Å²) in [7, 11) is 3.02. The topological polar surface area (TPSA) is 131 Å². The van der Waals surface area contributed by atoms with E-state index in [4.69, 9.17) is 18.9 Å². The van der Waals surface area contributed by atoms with Crippen LogP contribution in [0.15, 0.2) is 30.5 Å². The zero-order valence-corrected chi connectivity index (χ0v) is 23.9. The minimum absolute atomic E-state index is 0.0793. The van der Waals surface area contributed by atoms with Crippen molar-refractivity contribution in [3.8, 4) is 11.5 Å². The van der Waals surface area contributed by atoms with E-state index in [1.165, 1.54) is 24.6 Å². The molecule has 2 heterocycles. The van der Waals surface area contributed by atoms with Crippen LogP contribution >= 0.6 is 0 Å². The van der Waals surface area contributed by atoms with Crippen LogP contribution < -0.4 is 20.1 Å². The van der Waals surface area contributed by atoms with Crippen molar-refractivity contribution >= 4 is 17.8 Å². The highest BCUT2D eigenvalue weighted by atomic mass is 16.7. The number of nitrogens with zero attached hydrogens (tertiary/aromatic N) is 2. The van der Waals surface area contributed by atoms with Crippen LogP contribution in [0.3, 0.4) is 0 Å². The molecule has 2 aromatic rings. The summed E-state index contributed by atoms with van der Waals surface area (Å²) in [5.41, 5.74) is 1.46. The standard InChI is InChI=1S/C29H40N4O7/c1-29(2,3)40-28(36)33-16-19-11-21(39-17-37-4)10-9-18(19)12-23(33)24(34)14-31-27(35)22-13-26(30-15-25(22)38-5)32-20-7-6-8-20/h9-11,13,15,20,23-24,34H,6-8,12,14,16-17H2,1-5H3,(H,30,32)(H,31,35)/t23-,24+/m0/s1. The summed E-state index contributed by atoms with van der Waals surface area (Å²) in [4.78, 5) is 32.2. The number of amides is 2. The van der Waals surface area contributed by atoms with E-state index in [-0.39, 0.29) is 19.9 Å². The molecular weight excluding hydrogens is 516 g/mol. The predicted octanol–water partition coefficient (Wildman–Crippen LogP) is 3.49. The molecule has 218 valence electrons. The van der Waals surface area contributed by atoms with Crippen LogP contribution in [0, 0.1) is 0 Å². The molecule has 2 aliphatic rings. The summed E-state index contributed by atoms with van der Waals surface area (Å²) in [5.74, 6) is 1.15. The van der Waals surface area contributed by atoms with Gasteiger partial charge in [-0.05, 0) is 75.8 Å². The van der Waals surface area contributed by atoms with Gasteiger partial charge in [0, 0.05) is 26.2 Å². The number of aliphatic hydroxyl groups excluding tert-OH is 1. The number of fused-ring (bicyclic) bond motifs is 1. The third-order valence-corrected chi connectivity index (χ3v) is 7.02. The molecule has 1 aliphatic carbocycles. The molecule has 1 saturated carbocycles. The molecule has 11 heteroatoms. The molecule has 0 radical (unpaired) electrons. The van der Waals surface area contributed by atoms with Crippen molar-refractivity contribution in [2.45, 2.75) is 76.8 Å². The molecule has 3 N–H and O–H groups in total. The van der Waals surface area contributed by atoms with E-state index in [9.17, 15) is 14.7 Å². The second-order valence-electron chi connectivity index (χ2n) is 11.2. The predicted molar refractivity (Wildman–Crippen MR) is 149 cm³/mol. The van der Waals surface area contributed by atoms with Gasteiger partial charge in [-0.25, -0.2) is 9.78 Å². The average Bonchev–Trinajstić information content (AvgIpc) is 2.90. The third kappa shape index (κ3) is 7.33. The van der Waals surface area contributed by atoms with Crippen LogP contribution in [-0.2, 0) is 22.4 Å². The molecule has 0 saturated heterocycles. The first kappa shape index (κ1) is 29.4. The maximum atomic E-state index is 13.2. The quantitative estimate of drug-likeness (QED) is 0.376. The zero-order valence-electron chi connectivity index (χ0n) is 23.9. The number of anilines is 1. The Balaban J connectivity index is 1.49. The third-order valence-electron chi connectivity index (χ3n) is 7.02. The molecule has 1 fully saturated rings. The van der Waals surface area contributed by atoms with Gasteiger partial charge in [0.15, 0.2) is 6.79 Å². The molecule has 4 rings (SSSR count). The minimum Gasteiger partial charge on any atom is -0.494 e. The Morgan fingerprint density at radius 1 is 1.18 bits per heavy atom. The van der Waals surface area contributed by atoms with Gasteiger partial charge in [0.25, 0.3) is 5.91 Å². The number of hydrogen-bond acceptors (Lipinski definition) is 9. The van der Waals surface area contributed by atoms with Gasteiger partial charge < -0.3 is 34.7 Å². The van der Waals surface area contributed by atoms with Gasteiger partial charge in [-0.1, -0.05) is 6.07 Å². The normalized spacial score (nSPS) is 17.8. The summed E-state index contributed by atoms with van der Waals surface area (Å²) in [6.45, 7) is 5.63. The van der Waals surface area contributed by atoms with Crippen molar-refractivity contribution in [1.82, 2.24) is 15.2 Å². The Hall–Kier alpha value is -3.57. The molecule has 2 atom stereocenters. The SMILES string of the molecule is COCOc1ccc2c(c1)CN(C(=O)OC(C)(C)C)[C@H]([C@H](O)CNC(=O)c1cc(NC3CCC3)ncc1OC)C2. The van der Waals surface area contributed by atoms with Gasteiger partial charge >= 0.3 is 6.09 Å². The number of aromatic nitrogens is 1. The first-order valence-electron chi connectivity index (χ1n) is 13.6. The van der Waals surface area contributed by atoms with E-state index in [1.54, 1.807) is 33.9 Å². The molecule has 0 unspecified atom stereocenters. The number of nitrogens with one attached hydrogen (secondary N) is 2. The smallest absolute Gasteiger partial charge is 0.410 e. The fourth-order valence-corrected chi connectivity index (χ4v) is 4.72. The van der Waals surface area contributed by atoms with Crippen molar-refractivity contribution in [3.63, 3.8) is 0 Å². The Morgan fingerprint density at radius 3 is 2.60 bits per heavy atom. The lowest BCUT2D eigenvalue weighted by molar-refractivity contribution is -0.0114. The van der Waals surface area contributed by atoms with Crippen LogP contribution in [0.2, 0.25) is 0 Å². The maximum Gasteiger partial charge on any atom is 0.410 e. The van der Waals surface area contributed by atoms with Crippen molar-refractivity contribution in [2.24, 2.45) is 0 Å². The van der Waals surface area contributed by atoms with Crippen LogP contribution in [-0.4, -0.2) is 78.3 Å². The monoisotopic (exact) mass is 556 g/mol. The summed E-state index contributed by atoms with van der Waals surface area (Å²) in [5, 5.41) is 17.4. The maximum absolute atomic E-state index is 13.2. The molecule has 11 nitrogen and oxygen atoms in total. The van der Waals surface area contributed by atoms with E-state index in [1.807, 2.05) is 18.2 Å². The van der Waals surface area contributed by atoms with E-state index < -0.39 is 29.7 Å². The van der Waals surface area contributed by atoms with Crippen LogP contribution in [0.1, 0.15) is 61.5 Å². The first-order valence-corrected chi connectivity index (χ1v) is 13.6.